The Bertz CT molecular complexity index is 412. The largest absolute Gasteiger partial charge is 0.543 e. The van der Waals surface area contributed by atoms with Gasteiger partial charge in [-0.15, -0.1) is 0 Å². The monoisotopic (exact) mass is 268 g/mol. The van der Waals surface area contributed by atoms with Crippen molar-refractivity contribution in [3.8, 4) is 0 Å². The van der Waals surface area contributed by atoms with Crippen molar-refractivity contribution in [1.29, 1.82) is 0 Å². The van der Waals surface area contributed by atoms with E-state index < -0.39 is 12.1 Å². The Hall–Kier alpha value is -2.08. The molecule has 0 aliphatic heterocycles. The van der Waals surface area contributed by atoms with E-state index in [-0.39, 0.29) is 6.61 Å². The fourth-order valence-corrected chi connectivity index (χ4v) is 1.36. The maximum Gasteiger partial charge on any atom is 0.543 e. The van der Waals surface area contributed by atoms with Gasteiger partial charge in [-0.05, 0) is 31.0 Å². The van der Waals surface area contributed by atoms with E-state index in [0.717, 1.165) is 18.4 Å². The van der Waals surface area contributed by atoms with E-state index in [2.05, 4.69) is 26.5 Å². The van der Waals surface area contributed by atoms with Crippen molar-refractivity contribution in [2.24, 2.45) is 0 Å². The molecule has 0 fully saturated rings. The van der Waals surface area contributed by atoms with Crippen molar-refractivity contribution >= 4 is 12.1 Å². The molecule has 0 N–H and O–H groups in total. The third kappa shape index (κ3) is 5.39. The second-order valence-electron chi connectivity index (χ2n) is 3.65. The van der Waals surface area contributed by atoms with Gasteiger partial charge in [0.25, 0.3) is 0 Å². The number of aryl methyl sites for hydroxylation is 1. The topological polar surface area (TPSA) is 71.1 Å². The number of rotatable bonds is 6. The van der Waals surface area contributed by atoms with Crippen molar-refractivity contribution in [2.45, 2.75) is 26.7 Å². The normalized spacial score (nSPS) is 9.79. The van der Waals surface area contributed by atoms with Gasteiger partial charge in [0.05, 0.1) is 17.2 Å². The van der Waals surface area contributed by atoms with E-state index >= 15 is 0 Å². The highest BCUT2D eigenvalue weighted by Crippen LogP contribution is 2.08. The zero-order chi connectivity index (χ0) is 14.1. The molecule has 0 atom stereocenters. The van der Waals surface area contributed by atoms with Crippen LogP contribution in [-0.4, -0.2) is 18.7 Å². The summed E-state index contributed by atoms with van der Waals surface area (Å²) in [5.41, 5.74) is 1.43. The van der Waals surface area contributed by atoms with Crippen molar-refractivity contribution in [3.05, 3.63) is 35.4 Å². The molecule has 0 amide bonds. The summed E-state index contributed by atoms with van der Waals surface area (Å²) in [6, 6.07) is 6.88. The number of carbonyl (C=O) groups excluding carboxylic acids is 2. The molecular weight excluding hydrogens is 252 g/mol. The molecule has 0 spiro atoms. The van der Waals surface area contributed by atoms with Gasteiger partial charge in [0.15, 0.2) is 0 Å². The molecule has 6 heteroatoms. The van der Waals surface area contributed by atoms with Crippen molar-refractivity contribution in [1.82, 2.24) is 0 Å². The average molecular weight is 268 g/mol. The number of hydrogen-bond acceptors (Lipinski definition) is 6. The first kappa shape index (κ1) is 15.0. The summed E-state index contributed by atoms with van der Waals surface area (Å²) in [4.78, 5) is 30.5. The van der Waals surface area contributed by atoms with Crippen LogP contribution in [0.5, 0.6) is 0 Å². The minimum absolute atomic E-state index is 0.134. The molecule has 6 nitrogen and oxygen atoms in total. The van der Waals surface area contributed by atoms with Gasteiger partial charge in [0, 0.05) is 0 Å². The van der Waals surface area contributed by atoms with Crippen LogP contribution in [0.3, 0.4) is 0 Å². The lowest BCUT2D eigenvalue weighted by atomic mass is 10.1. The van der Waals surface area contributed by atoms with Crippen molar-refractivity contribution in [2.75, 3.05) is 6.61 Å². The van der Waals surface area contributed by atoms with Crippen LogP contribution >= 0.6 is 0 Å². The molecule has 0 heterocycles. The quantitative estimate of drug-likeness (QED) is 0.449. The van der Waals surface area contributed by atoms with Gasteiger partial charge < -0.3 is 4.74 Å². The molecule has 0 aliphatic carbocycles. The molecule has 19 heavy (non-hydrogen) atoms. The van der Waals surface area contributed by atoms with Gasteiger partial charge >= 0.3 is 12.1 Å². The zero-order valence-electron chi connectivity index (χ0n) is 10.9. The molecule has 0 saturated carbocycles. The van der Waals surface area contributed by atoms with Gasteiger partial charge in [0.2, 0.25) is 0 Å². The highest BCUT2D eigenvalue weighted by molar-refractivity contribution is 5.88. The molecule has 1 aromatic rings. The number of carbonyl (C=O) groups is 2. The molecule has 104 valence electrons. The van der Waals surface area contributed by atoms with Crippen LogP contribution in [0.2, 0.25) is 0 Å². The van der Waals surface area contributed by atoms with Crippen LogP contribution in [0.15, 0.2) is 24.3 Å². The molecule has 0 radical (unpaired) electrons. The van der Waals surface area contributed by atoms with E-state index in [1.54, 1.807) is 19.1 Å². The van der Waals surface area contributed by atoms with Crippen LogP contribution in [0.25, 0.3) is 0 Å². The van der Waals surface area contributed by atoms with Crippen molar-refractivity contribution in [3.63, 3.8) is 0 Å². The molecule has 0 bridgehead atoms. The Morgan fingerprint density at radius 3 is 2.32 bits per heavy atom. The molecule has 0 saturated heterocycles. The summed E-state index contributed by atoms with van der Waals surface area (Å²) in [7, 11) is 0. The highest BCUT2D eigenvalue weighted by atomic mass is 17.5. The minimum atomic E-state index is -1.08. The van der Waals surface area contributed by atoms with Crippen LogP contribution in [0, 0.1) is 0 Å². The van der Waals surface area contributed by atoms with Gasteiger partial charge in [-0.1, -0.05) is 25.5 Å². The lowest BCUT2D eigenvalue weighted by Crippen LogP contribution is -2.12. The molecule has 0 aromatic heterocycles. The summed E-state index contributed by atoms with van der Waals surface area (Å²) in [5.74, 6) is -0.757. The van der Waals surface area contributed by atoms with E-state index in [0.29, 0.717) is 5.56 Å². The van der Waals surface area contributed by atoms with Crippen LogP contribution in [0.4, 0.5) is 4.79 Å². The standard InChI is InChI=1S/C13H16O6/c1-3-5-10-6-8-11(9-7-10)12(14)17-19-18-13(15)16-4-2/h6-9H,3-5H2,1-2H3. The van der Waals surface area contributed by atoms with E-state index in [4.69, 9.17) is 0 Å². The predicted molar refractivity (Wildman–Crippen MR) is 65.0 cm³/mol. The second kappa shape index (κ2) is 8.10. The van der Waals surface area contributed by atoms with Gasteiger partial charge in [-0.2, -0.15) is 0 Å². The van der Waals surface area contributed by atoms with Gasteiger partial charge in [-0.25, -0.2) is 14.5 Å². The summed E-state index contributed by atoms with van der Waals surface area (Å²) in [6.07, 6.45) is 0.895. The zero-order valence-corrected chi connectivity index (χ0v) is 10.9. The molecule has 0 unspecified atom stereocenters. The summed E-state index contributed by atoms with van der Waals surface area (Å²) in [6.45, 7) is 3.81. The lowest BCUT2D eigenvalue weighted by molar-refractivity contribution is -0.452. The van der Waals surface area contributed by atoms with Crippen LogP contribution < -0.4 is 0 Å². The minimum Gasteiger partial charge on any atom is -0.433 e. The third-order valence-electron chi connectivity index (χ3n) is 2.20. The Kier molecular flexibility index (Phi) is 6.38. The van der Waals surface area contributed by atoms with Gasteiger partial charge in [0.1, 0.15) is 0 Å². The Balaban J connectivity index is 2.38. The summed E-state index contributed by atoms with van der Waals surface area (Å²) in [5, 5.41) is 4.02. The molecule has 1 aromatic carbocycles. The molecule has 0 aliphatic rings. The maximum absolute atomic E-state index is 11.5. The van der Waals surface area contributed by atoms with Crippen LogP contribution in [-0.2, 0) is 26.0 Å². The van der Waals surface area contributed by atoms with E-state index in [9.17, 15) is 9.59 Å². The van der Waals surface area contributed by atoms with Crippen LogP contribution in [0.1, 0.15) is 36.2 Å². The predicted octanol–water partition coefficient (Wildman–Crippen LogP) is 2.82. The second-order valence-corrected chi connectivity index (χ2v) is 3.65. The van der Waals surface area contributed by atoms with Gasteiger partial charge in [-0.3, -0.25) is 4.89 Å². The Morgan fingerprint density at radius 1 is 1.05 bits per heavy atom. The number of benzene rings is 1. The fraction of sp³-hybridized carbons (Fsp3) is 0.385. The molecule has 1 rings (SSSR count). The fourth-order valence-electron chi connectivity index (χ4n) is 1.36. The van der Waals surface area contributed by atoms with E-state index in [1.165, 1.54) is 0 Å². The van der Waals surface area contributed by atoms with E-state index in [1.807, 2.05) is 12.1 Å². The Morgan fingerprint density at radius 2 is 1.74 bits per heavy atom. The first-order valence-corrected chi connectivity index (χ1v) is 5.98. The molecular formula is C13H16O6. The first-order valence-electron chi connectivity index (χ1n) is 5.98. The van der Waals surface area contributed by atoms with Crippen molar-refractivity contribution < 1.29 is 29.1 Å². The average Bonchev–Trinajstić information content (AvgIpc) is 2.40. The first-order chi connectivity index (χ1) is 9.17. The maximum atomic E-state index is 11.5. The lowest BCUT2D eigenvalue weighted by Gasteiger charge is -2.03. The number of ether oxygens (including phenoxy) is 1. The highest BCUT2D eigenvalue weighted by Gasteiger charge is 2.11. The summed E-state index contributed by atoms with van der Waals surface area (Å²) < 4.78 is 4.39. The smallest absolute Gasteiger partial charge is 0.433 e. The Labute approximate surface area is 111 Å². The SMILES string of the molecule is CCCc1ccc(C(=O)OOOC(=O)OCC)cc1. The summed E-state index contributed by atoms with van der Waals surface area (Å²) >= 11 is 0. The third-order valence-corrected chi connectivity index (χ3v) is 2.20. The number of hydrogen-bond donors (Lipinski definition) is 0.